The number of allylic oxidation sites excluding steroid dienone is 2. The average molecular weight is 250 g/mol. The van der Waals surface area contributed by atoms with E-state index in [4.69, 9.17) is 0 Å². The molecule has 2 aromatic carbocycles. The first-order valence-corrected chi connectivity index (χ1v) is 6.92. The molecule has 0 aliphatic heterocycles. The average Bonchev–Trinajstić information content (AvgIpc) is 2.44. The Kier molecular flexibility index (Phi) is 3.20. The maximum absolute atomic E-state index is 12.0. The van der Waals surface area contributed by atoms with Crippen LogP contribution in [0.5, 0.6) is 0 Å². The molecule has 1 heteroatoms. The van der Waals surface area contributed by atoms with Gasteiger partial charge in [0.15, 0.2) is 0 Å². The van der Waals surface area contributed by atoms with Gasteiger partial charge in [-0.1, -0.05) is 48.6 Å². The predicted molar refractivity (Wildman–Crippen MR) is 79.3 cm³/mol. The van der Waals surface area contributed by atoms with Gasteiger partial charge in [-0.15, -0.1) is 0 Å². The van der Waals surface area contributed by atoms with Crippen LogP contribution in [-0.4, -0.2) is 5.78 Å². The van der Waals surface area contributed by atoms with Gasteiger partial charge in [0.1, 0.15) is 5.78 Å². The first-order valence-electron chi connectivity index (χ1n) is 6.92. The maximum Gasteiger partial charge on any atom is 0.140 e. The van der Waals surface area contributed by atoms with Crippen molar-refractivity contribution in [3.8, 4) is 0 Å². The quantitative estimate of drug-likeness (QED) is 0.729. The molecular weight excluding hydrogens is 232 g/mol. The van der Waals surface area contributed by atoms with E-state index in [1.165, 1.54) is 21.9 Å². The second-order valence-corrected chi connectivity index (χ2v) is 5.33. The molecule has 1 unspecified atom stereocenters. The highest BCUT2D eigenvalue weighted by Crippen LogP contribution is 2.27. The summed E-state index contributed by atoms with van der Waals surface area (Å²) in [6.45, 7) is 2.14. The van der Waals surface area contributed by atoms with Gasteiger partial charge in [-0.2, -0.15) is 0 Å². The van der Waals surface area contributed by atoms with Crippen molar-refractivity contribution in [2.75, 3.05) is 0 Å². The van der Waals surface area contributed by atoms with E-state index in [0.717, 1.165) is 12.8 Å². The summed E-state index contributed by atoms with van der Waals surface area (Å²) in [4.78, 5) is 12.0. The molecule has 1 atom stereocenters. The summed E-state index contributed by atoms with van der Waals surface area (Å²) >= 11 is 0. The zero-order valence-corrected chi connectivity index (χ0v) is 11.2. The molecule has 0 radical (unpaired) electrons. The molecule has 19 heavy (non-hydrogen) atoms. The Labute approximate surface area is 113 Å². The number of ketones is 1. The molecule has 0 saturated heterocycles. The molecule has 0 fully saturated rings. The maximum atomic E-state index is 12.0. The normalized spacial score (nSPS) is 19.0. The molecule has 1 nitrogen and oxygen atoms in total. The van der Waals surface area contributed by atoms with E-state index in [-0.39, 0.29) is 5.92 Å². The highest BCUT2D eigenvalue weighted by atomic mass is 16.1. The lowest BCUT2D eigenvalue weighted by Crippen LogP contribution is -2.18. The van der Waals surface area contributed by atoms with Gasteiger partial charge in [0.2, 0.25) is 0 Å². The van der Waals surface area contributed by atoms with Crippen LogP contribution in [0, 0.1) is 12.8 Å². The molecule has 0 bridgehead atoms. The van der Waals surface area contributed by atoms with Crippen LogP contribution in [-0.2, 0) is 11.2 Å². The lowest BCUT2D eigenvalue weighted by Gasteiger charge is -2.18. The number of carbonyl (C=O) groups is 1. The Morgan fingerprint density at radius 2 is 2.00 bits per heavy atom. The van der Waals surface area contributed by atoms with Gasteiger partial charge in [-0.25, -0.2) is 0 Å². The Hall–Kier alpha value is -1.89. The van der Waals surface area contributed by atoms with E-state index in [1.54, 1.807) is 0 Å². The van der Waals surface area contributed by atoms with E-state index in [2.05, 4.69) is 55.5 Å². The van der Waals surface area contributed by atoms with Gasteiger partial charge in [0.05, 0.1) is 0 Å². The van der Waals surface area contributed by atoms with Crippen molar-refractivity contribution in [1.29, 1.82) is 0 Å². The van der Waals surface area contributed by atoms with E-state index < -0.39 is 0 Å². The summed E-state index contributed by atoms with van der Waals surface area (Å²) < 4.78 is 0. The highest BCUT2D eigenvalue weighted by Gasteiger charge is 2.20. The second kappa shape index (κ2) is 5.00. The Balaban J connectivity index is 2.04. The Morgan fingerprint density at radius 3 is 2.84 bits per heavy atom. The topological polar surface area (TPSA) is 17.1 Å². The van der Waals surface area contributed by atoms with E-state index in [1.807, 2.05) is 0 Å². The van der Waals surface area contributed by atoms with Crippen LogP contribution in [0.15, 0.2) is 48.6 Å². The lowest BCUT2D eigenvalue weighted by atomic mass is 9.85. The standard InChI is InChI=1S/C18H18O/c1-13-10-11-14-6-2-4-8-16(14)17(13)12-15-7-3-5-9-18(15)19/h2-4,6-8,10-11,15H,5,9,12H2,1H3. The largest absolute Gasteiger partial charge is 0.299 e. The molecule has 96 valence electrons. The number of aryl methyl sites for hydroxylation is 1. The van der Waals surface area contributed by atoms with Crippen molar-refractivity contribution in [1.82, 2.24) is 0 Å². The van der Waals surface area contributed by atoms with Crippen molar-refractivity contribution in [3.05, 3.63) is 59.7 Å². The summed E-state index contributed by atoms with van der Waals surface area (Å²) in [6.07, 6.45) is 6.68. The fourth-order valence-corrected chi connectivity index (χ4v) is 2.90. The van der Waals surface area contributed by atoms with Crippen molar-refractivity contribution in [3.63, 3.8) is 0 Å². The Bertz CT molecular complexity index is 652. The van der Waals surface area contributed by atoms with Crippen LogP contribution in [0.3, 0.4) is 0 Å². The zero-order chi connectivity index (χ0) is 13.2. The fourth-order valence-electron chi connectivity index (χ4n) is 2.90. The molecule has 0 heterocycles. The molecule has 0 spiro atoms. The van der Waals surface area contributed by atoms with Crippen LogP contribution in [0.2, 0.25) is 0 Å². The molecule has 0 aromatic heterocycles. The molecule has 0 N–H and O–H groups in total. The minimum atomic E-state index is 0.0678. The van der Waals surface area contributed by atoms with Gasteiger partial charge in [-0.3, -0.25) is 4.79 Å². The van der Waals surface area contributed by atoms with Crippen LogP contribution in [0.4, 0.5) is 0 Å². The fraction of sp³-hybridized carbons (Fsp3) is 0.278. The predicted octanol–water partition coefficient (Wildman–Crippen LogP) is 4.23. The van der Waals surface area contributed by atoms with Crippen molar-refractivity contribution < 1.29 is 4.79 Å². The Morgan fingerprint density at radius 1 is 1.16 bits per heavy atom. The molecule has 1 aliphatic carbocycles. The van der Waals surface area contributed by atoms with Gasteiger partial charge in [0.25, 0.3) is 0 Å². The minimum Gasteiger partial charge on any atom is -0.299 e. The third-order valence-corrected chi connectivity index (χ3v) is 4.04. The molecule has 3 rings (SSSR count). The van der Waals surface area contributed by atoms with Crippen LogP contribution in [0.1, 0.15) is 24.0 Å². The van der Waals surface area contributed by atoms with E-state index in [0.29, 0.717) is 12.2 Å². The van der Waals surface area contributed by atoms with Gasteiger partial charge < -0.3 is 0 Å². The van der Waals surface area contributed by atoms with Crippen LogP contribution < -0.4 is 0 Å². The zero-order valence-electron chi connectivity index (χ0n) is 11.2. The summed E-state index contributed by atoms with van der Waals surface area (Å²) in [5.74, 6) is 0.452. The van der Waals surface area contributed by atoms with E-state index in [9.17, 15) is 4.79 Å². The summed E-state index contributed by atoms with van der Waals surface area (Å²) in [5.41, 5.74) is 2.61. The SMILES string of the molecule is Cc1ccc2ccccc2c1CC1C=CCCC1=O. The third kappa shape index (κ3) is 2.33. The lowest BCUT2D eigenvalue weighted by molar-refractivity contribution is -0.121. The number of hydrogen-bond acceptors (Lipinski definition) is 1. The summed E-state index contributed by atoms with van der Waals surface area (Å²) in [7, 11) is 0. The summed E-state index contributed by atoms with van der Waals surface area (Å²) in [5, 5.41) is 2.55. The highest BCUT2D eigenvalue weighted by molar-refractivity contribution is 5.89. The smallest absolute Gasteiger partial charge is 0.140 e. The van der Waals surface area contributed by atoms with Crippen molar-refractivity contribution in [2.45, 2.75) is 26.2 Å². The molecule has 0 amide bonds. The second-order valence-electron chi connectivity index (χ2n) is 5.33. The molecule has 1 aliphatic rings. The van der Waals surface area contributed by atoms with Crippen molar-refractivity contribution in [2.24, 2.45) is 5.92 Å². The first kappa shape index (κ1) is 12.2. The first-order chi connectivity index (χ1) is 9.25. The van der Waals surface area contributed by atoms with Gasteiger partial charge in [-0.05, 0) is 41.7 Å². The van der Waals surface area contributed by atoms with Gasteiger partial charge in [0, 0.05) is 12.3 Å². The number of carbonyl (C=O) groups excluding carboxylic acids is 1. The molecule has 0 saturated carbocycles. The number of fused-ring (bicyclic) bond motifs is 1. The number of hydrogen-bond donors (Lipinski definition) is 0. The molecular formula is C18H18O. The summed E-state index contributed by atoms with van der Waals surface area (Å²) in [6, 6.07) is 12.8. The minimum absolute atomic E-state index is 0.0678. The van der Waals surface area contributed by atoms with Crippen molar-refractivity contribution >= 4 is 16.6 Å². The number of Topliss-reactive ketones (excluding diaryl/α,β-unsaturated/α-hetero) is 1. The number of benzene rings is 2. The monoisotopic (exact) mass is 250 g/mol. The van der Waals surface area contributed by atoms with Gasteiger partial charge >= 0.3 is 0 Å². The van der Waals surface area contributed by atoms with Crippen LogP contribution in [0.25, 0.3) is 10.8 Å². The number of rotatable bonds is 2. The third-order valence-electron chi connectivity index (χ3n) is 4.04. The van der Waals surface area contributed by atoms with E-state index >= 15 is 0 Å². The molecule has 2 aromatic rings. The van der Waals surface area contributed by atoms with Crippen LogP contribution >= 0.6 is 0 Å².